The lowest BCUT2D eigenvalue weighted by Crippen LogP contribution is -2.40. The fourth-order valence-electron chi connectivity index (χ4n) is 1.08. The molecule has 2 amide bonds. The molecule has 94 valence electrons. The van der Waals surface area contributed by atoms with Crippen molar-refractivity contribution in [2.24, 2.45) is 5.73 Å². The molecule has 0 aromatic carbocycles. The Kier molecular flexibility index (Phi) is 6.03. The lowest BCUT2D eigenvalue weighted by Gasteiger charge is -2.17. The Bertz CT molecular complexity index is 244. The van der Waals surface area contributed by atoms with E-state index in [2.05, 4.69) is 10.6 Å². The second-order valence-corrected chi connectivity index (χ2v) is 4.99. The number of hydrogen-bond acceptors (Lipinski definition) is 3. The van der Waals surface area contributed by atoms with Crippen molar-refractivity contribution in [3.05, 3.63) is 0 Å². The minimum Gasteiger partial charge on any atom is -0.352 e. The first-order valence-corrected chi connectivity index (χ1v) is 5.55. The van der Waals surface area contributed by atoms with E-state index >= 15 is 0 Å². The first kappa shape index (κ1) is 14.9. The van der Waals surface area contributed by atoms with Gasteiger partial charge in [-0.25, -0.2) is 0 Å². The lowest BCUT2D eigenvalue weighted by molar-refractivity contribution is -0.126. The van der Waals surface area contributed by atoms with E-state index in [0.717, 1.165) is 0 Å². The third-order valence-electron chi connectivity index (χ3n) is 1.89. The van der Waals surface area contributed by atoms with Crippen molar-refractivity contribution >= 4 is 11.8 Å². The minimum absolute atomic E-state index is 0.0298. The van der Waals surface area contributed by atoms with Crippen molar-refractivity contribution in [1.82, 2.24) is 10.6 Å². The van der Waals surface area contributed by atoms with Crippen molar-refractivity contribution in [2.75, 3.05) is 6.54 Å². The van der Waals surface area contributed by atoms with Gasteiger partial charge in [-0.15, -0.1) is 0 Å². The van der Waals surface area contributed by atoms with Crippen LogP contribution in [0.15, 0.2) is 0 Å². The Labute approximate surface area is 97.2 Å². The summed E-state index contributed by atoms with van der Waals surface area (Å²) < 4.78 is 0. The SMILES string of the molecule is CC(C)NC(=O)CNC(=O)CCC(C)(C)N. The van der Waals surface area contributed by atoms with Gasteiger partial charge in [0.25, 0.3) is 0 Å². The van der Waals surface area contributed by atoms with Gasteiger partial charge in [0, 0.05) is 18.0 Å². The van der Waals surface area contributed by atoms with E-state index in [4.69, 9.17) is 5.73 Å². The summed E-state index contributed by atoms with van der Waals surface area (Å²) >= 11 is 0. The highest BCUT2D eigenvalue weighted by atomic mass is 16.2. The number of nitrogens with one attached hydrogen (secondary N) is 2. The van der Waals surface area contributed by atoms with Crippen LogP contribution >= 0.6 is 0 Å². The predicted molar refractivity (Wildman–Crippen MR) is 63.8 cm³/mol. The molecule has 4 N–H and O–H groups in total. The van der Waals surface area contributed by atoms with Gasteiger partial charge in [-0.1, -0.05) is 0 Å². The molecule has 0 rings (SSSR count). The summed E-state index contributed by atoms with van der Waals surface area (Å²) in [5, 5.41) is 5.25. The highest BCUT2D eigenvalue weighted by Crippen LogP contribution is 2.06. The van der Waals surface area contributed by atoms with Crippen molar-refractivity contribution in [1.29, 1.82) is 0 Å². The van der Waals surface area contributed by atoms with Crippen molar-refractivity contribution < 1.29 is 9.59 Å². The Balaban J connectivity index is 3.70. The number of rotatable bonds is 6. The summed E-state index contributed by atoms with van der Waals surface area (Å²) in [6.45, 7) is 7.51. The summed E-state index contributed by atoms with van der Waals surface area (Å²) in [6, 6.07) is 0.0902. The molecule has 0 unspecified atom stereocenters. The molecular weight excluding hydrogens is 206 g/mol. The third-order valence-corrected chi connectivity index (χ3v) is 1.89. The number of carbonyl (C=O) groups excluding carboxylic acids is 2. The van der Waals surface area contributed by atoms with Crippen LogP contribution in [-0.4, -0.2) is 29.9 Å². The predicted octanol–water partition coefficient (Wildman–Crippen LogP) is 0.145. The fourth-order valence-corrected chi connectivity index (χ4v) is 1.08. The van der Waals surface area contributed by atoms with Gasteiger partial charge in [-0.2, -0.15) is 0 Å². The van der Waals surface area contributed by atoms with Gasteiger partial charge in [0.15, 0.2) is 0 Å². The molecule has 0 aliphatic carbocycles. The molecule has 16 heavy (non-hydrogen) atoms. The Morgan fingerprint density at radius 1 is 1.25 bits per heavy atom. The standard InChI is InChI=1S/C11H23N3O2/c1-8(2)14-10(16)7-13-9(15)5-6-11(3,4)12/h8H,5-7,12H2,1-4H3,(H,13,15)(H,14,16). The Morgan fingerprint density at radius 3 is 2.25 bits per heavy atom. The number of nitrogens with two attached hydrogens (primary N) is 1. The van der Waals surface area contributed by atoms with E-state index in [-0.39, 0.29) is 29.9 Å². The molecule has 0 saturated carbocycles. The van der Waals surface area contributed by atoms with E-state index in [1.807, 2.05) is 27.7 Å². The van der Waals surface area contributed by atoms with E-state index < -0.39 is 0 Å². The van der Waals surface area contributed by atoms with Crippen LogP contribution in [0.5, 0.6) is 0 Å². The van der Waals surface area contributed by atoms with Crippen molar-refractivity contribution in [3.8, 4) is 0 Å². The third kappa shape index (κ3) is 9.45. The topological polar surface area (TPSA) is 84.2 Å². The molecule has 0 saturated heterocycles. The van der Waals surface area contributed by atoms with Crippen LogP contribution in [0.25, 0.3) is 0 Å². The van der Waals surface area contributed by atoms with Crippen LogP contribution in [0.1, 0.15) is 40.5 Å². The highest BCUT2D eigenvalue weighted by molar-refractivity contribution is 5.84. The molecule has 0 spiro atoms. The smallest absolute Gasteiger partial charge is 0.239 e. The quantitative estimate of drug-likeness (QED) is 0.606. The van der Waals surface area contributed by atoms with Gasteiger partial charge in [-0.05, 0) is 34.1 Å². The average Bonchev–Trinajstić information content (AvgIpc) is 2.09. The molecule has 0 radical (unpaired) electrons. The molecule has 0 fully saturated rings. The zero-order chi connectivity index (χ0) is 12.8. The zero-order valence-electron chi connectivity index (χ0n) is 10.6. The van der Waals surface area contributed by atoms with Crippen LogP contribution in [0, 0.1) is 0 Å². The van der Waals surface area contributed by atoms with Gasteiger partial charge in [0.2, 0.25) is 11.8 Å². The van der Waals surface area contributed by atoms with Crippen LogP contribution in [0.3, 0.4) is 0 Å². The van der Waals surface area contributed by atoms with Crippen LogP contribution in [0.4, 0.5) is 0 Å². The first-order chi connectivity index (χ1) is 7.20. The summed E-state index contributed by atoms with van der Waals surface area (Å²) in [4.78, 5) is 22.5. The highest BCUT2D eigenvalue weighted by Gasteiger charge is 2.13. The largest absolute Gasteiger partial charge is 0.352 e. The molecule has 0 aromatic heterocycles. The Hall–Kier alpha value is -1.10. The lowest BCUT2D eigenvalue weighted by atomic mass is 10.00. The molecule has 5 nitrogen and oxygen atoms in total. The van der Waals surface area contributed by atoms with Crippen molar-refractivity contribution in [3.63, 3.8) is 0 Å². The van der Waals surface area contributed by atoms with Gasteiger partial charge < -0.3 is 16.4 Å². The van der Waals surface area contributed by atoms with Crippen molar-refractivity contribution in [2.45, 2.75) is 52.1 Å². The van der Waals surface area contributed by atoms with Crippen LogP contribution in [0.2, 0.25) is 0 Å². The summed E-state index contributed by atoms with van der Waals surface area (Å²) in [5.74, 6) is -0.312. The van der Waals surface area contributed by atoms with Gasteiger partial charge in [-0.3, -0.25) is 9.59 Å². The van der Waals surface area contributed by atoms with E-state index in [1.165, 1.54) is 0 Å². The fraction of sp³-hybridized carbons (Fsp3) is 0.818. The van der Waals surface area contributed by atoms with E-state index in [1.54, 1.807) is 0 Å². The molecular formula is C11H23N3O2. The summed E-state index contributed by atoms with van der Waals surface area (Å²) in [7, 11) is 0. The van der Waals surface area contributed by atoms with E-state index in [9.17, 15) is 9.59 Å². The summed E-state index contributed by atoms with van der Waals surface area (Å²) in [5.41, 5.74) is 5.40. The zero-order valence-corrected chi connectivity index (χ0v) is 10.6. The Morgan fingerprint density at radius 2 is 1.81 bits per heavy atom. The van der Waals surface area contributed by atoms with Gasteiger partial charge in [0.05, 0.1) is 6.54 Å². The normalized spacial score (nSPS) is 11.4. The van der Waals surface area contributed by atoms with E-state index in [0.29, 0.717) is 12.8 Å². The van der Waals surface area contributed by atoms with Crippen LogP contribution < -0.4 is 16.4 Å². The minimum atomic E-state index is -0.350. The maximum absolute atomic E-state index is 11.3. The second-order valence-electron chi connectivity index (χ2n) is 4.99. The first-order valence-electron chi connectivity index (χ1n) is 5.55. The maximum Gasteiger partial charge on any atom is 0.239 e. The molecule has 0 aliphatic rings. The molecule has 0 atom stereocenters. The molecule has 5 heteroatoms. The monoisotopic (exact) mass is 229 g/mol. The molecule has 0 bridgehead atoms. The molecule has 0 aromatic rings. The number of hydrogen-bond donors (Lipinski definition) is 3. The number of amides is 2. The van der Waals surface area contributed by atoms with Crippen LogP contribution in [-0.2, 0) is 9.59 Å². The second kappa shape index (κ2) is 6.48. The molecule has 0 heterocycles. The average molecular weight is 229 g/mol. The number of carbonyl (C=O) groups is 2. The molecule has 0 aliphatic heterocycles. The summed E-state index contributed by atoms with van der Waals surface area (Å²) in [6.07, 6.45) is 0.948. The maximum atomic E-state index is 11.3. The van der Waals surface area contributed by atoms with Gasteiger partial charge >= 0.3 is 0 Å². The van der Waals surface area contributed by atoms with Gasteiger partial charge in [0.1, 0.15) is 0 Å².